The molecule has 2 rings (SSSR count). The van der Waals surface area contributed by atoms with Gasteiger partial charge in [-0.2, -0.15) is 0 Å². The second-order valence-corrected chi connectivity index (χ2v) is 6.79. The van der Waals surface area contributed by atoms with Gasteiger partial charge >= 0.3 is 0 Å². The Morgan fingerprint density at radius 1 is 1.33 bits per heavy atom. The quantitative estimate of drug-likeness (QED) is 0.844. The zero-order valence-corrected chi connectivity index (χ0v) is 13.2. The van der Waals surface area contributed by atoms with E-state index in [-0.39, 0.29) is 29.0 Å². The van der Waals surface area contributed by atoms with Crippen molar-refractivity contribution in [1.29, 1.82) is 0 Å². The first-order chi connectivity index (χ1) is 9.76. The first-order valence-corrected chi connectivity index (χ1v) is 7.31. The van der Waals surface area contributed by atoms with Crippen LogP contribution in [0.3, 0.4) is 0 Å². The van der Waals surface area contributed by atoms with Gasteiger partial charge in [0.15, 0.2) is 0 Å². The molecule has 1 atom stereocenters. The number of allylic oxidation sites excluding steroid dienone is 1. The lowest BCUT2D eigenvalue weighted by Crippen LogP contribution is -2.40. The zero-order chi connectivity index (χ0) is 15.6. The first-order valence-electron chi connectivity index (χ1n) is 7.31. The molecule has 6 heteroatoms. The monoisotopic (exact) mass is 296 g/mol. The van der Waals surface area contributed by atoms with Crippen LogP contribution in [-0.4, -0.2) is 49.1 Å². The Bertz CT molecular complexity index is 465. The lowest BCUT2D eigenvalue weighted by atomic mass is 9.96. The second kappa shape index (κ2) is 5.95. The van der Waals surface area contributed by atoms with Crippen LogP contribution in [0.15, 0.2) is 11.5 Å². The summed E-state index contributed by atoms with van der Waals surface area (Å²) < 4.78 is 10.6. The molecule has 1 unspecified atom stereocenters. The Hall–Kier alpha value is -1.72. The minimum Gasteiger partial charge on any atom is -0.491 e. The highest BCUT2D eigenvalue weighted by Crippen LogP contribution is 2.21. The number of hydrogen-bond donors (Lipinski definition) is 1. The van der Waals surface area contributed by atoms with Gasteiger partial charge in [-0.1, -0.05) is 20.8 Å². The number of amides is 2. The Morgan fingerprint density at radius 2 is 2.00 bits per heavy atom. The van der Waals surface area contributed by atoms with Crippen LogP contribution in [0.25, 0.3) is 0 Å². The molecule has 1 N–H and O–H groups in total. The third-order valence-corrected chi connectivity index (χ3v) is 3.39. The molecular weight excluding hydrogens is 272 g/mol. The lowest BCUT2D eigenvalue weighted by Gasteiger charge is -2.26. The second-order valence-electron chi connectivity index (χ2n) is 6.79. The van der Waals surface area contributed by atoms with Crippen LogP contribution in [-0.2, 0) is 19.1 Å². The van der Waals surface area contributed by atoms with Crippen LogP contribution >= 0.6 is 0 Å². The highest BCUT2D eigenvalue weighted by Gasteiger charge is 2.34. The molecule has 0 radical (unpaired) electrons. The molecular formula is C15H24N2O4. The van der Waals surface area contributed by atoms with Gasteiger partial charge in [0.05, 0.1) is 6.04 Å². The van der Waals surface area contributed by atoms with Crippen LogP contribution in [0.2, 0.25) is 0 Å². The van der Waals surface area contributed by atoms with E-state index in [2.05, 4.69) is 26.1 Å². The molecule has 118 valence electrons. The largest absolute Gasteiger partial charge is 0.491 e. The Balaban J connectivity index is 1.93. The molecule has 6 nitrogen and oxygen atoms in total. The van der Waals surface area contributed by atoms with Crippen molar-refractivity contribution in [3.63, 3.8) is 0 Å². The third kappa shape index (κ3) is 4.12. The number of nitrogens with one attached hydrogen (secondary N) is 1. The normalized spacial score (nSPS) is 23.0. The number of nitrogens with zero attached hydrogens (tertiary/aromatic N) is 1. The van der Waals surface area contributed by atoms with Crippen molar-refractivity contribution in [1.82, 2.24) is 10.2 Å². The van der Waals surface area contributed by atoms with Gasteiger partial charge in [0.25, 0.3) is 5.91 Å². The lowest BCUT2D eigenvalue weighted by molar-refractivity contribution is -0.128. The number of rotatable bonds is 3. The van der Waals surface area contributed by atoms with Gasteiger partial charge in [-0.05, 0) is 12.3 Å². The predicted octanol–water partition coefficient (Wildman–Crippen LogP) is 1.03. The molecule has 1 saturated heterocycles. The molecule has 0 saturated carbocycles. The molecule has 0 bridgehead atoms. The molecule has 2 aliphatic rings. The number of likely N-dealkylation sites (tertiary alicyclic amines) is 1. The van der Waals surface area contributed by atoms with E-state index in [9.17, 15) is 9.59 Å². The minimum atomic E-state index is -0.303. The summed E-state index contributed by atoms with van der Waals surface area (Å²) in [5, 5.41) is 2.86. The van der Waals surface area contributed by atoms with Crippen molar-refractivity contribution in [2.45, 2.75) is 40.2 Å². The molecule has 0 aromatic heterocycles. The fourth-order valence-electron chi connectivity index (χ4n) is 2.58. The Labute approximate surface area is 125 Å². The van der Waals surface area contributed by atoms with Crippen molar-refractivity contribution in [2.75, 3.05) is 26.3 Å². The van der Waals surface area contributed by atoms with E-state index in [1.165, 1.54) is 0 Å². The summed E-state index contributed by atoms with van der Waals surface area (Å²) in [6.07, 6.45) is 0.342. The van der Waals surface area contributed by atoms with Gasteiger partial charge in [0, 0.05) is 19.5 Å². The van der Waals surface area contributed by atoms with Gasteiger partial charge in [-0.25, -0.2) is 0 Å². The molecule has 2 aliphatic heterocycles. The molecule has 0 aliphatic carbocycles. The van der Waals surface area contributed by atoms with Crippen LogP contribution in [0, 0.1) is 5.41 Å². The van der Waals surface area contributed by atoms with Crippen molar-refractivity contribution < 1.29 is 19.1 Å². The van der Waals surface area contributed by atoms with E-state index in [1.54, 1.807) is 6.92 Å². The zero-order valence-electron chi connectivity index (χ0n) is 13.2. The Morgan fingerprint density at radius 3 is 2.62 bits per heavy atom. The average Bonchev–Trinajstić information content (AvgIpc) is 2.67. The van der Waals surface area contributed by atoms with E-state index in [4.69, 9.17) is 9.47 Å². The summed E-state index contributed by atoms with van der Waals surface area (Å²) in [5.41, 5.74) is 0.0496. The van der Waals surface area contributed by atoms with E-state index in [0.717, 1.165) is 0 Å². The number of ether oxygens (including phenoxy) is 2. The van der Waals surface area contributed by atoms with Gasteiger partial charge in [0.2, 0.25) is 11.7 Å². The van der Waals surface area contributed by atoms with Gasteiger partial charge in [-0.15, -0.1) is 0 Å². The maximum absolute atomic E-state index is 12.2. The molecule has 1 fully saturated rings. The van der Waals surface area contributed by atoms with Crippen molar-refractivity contribution in [2.24, 2.45) is 5.41 Å². The molecule has 21 heavy (non-hydrogen) atoms. The highest BCUT2D eigenvalue weighted by atomic mass is 16.6. The van der Waals surface area contributed by atoms with E-state index in [0.29, 0.717) is 38.5 Å². The van der Waals surface area contributed by atoms with E-state index >= 15 is 0 Å². The van der Waals surface area contributed by atoms with Crippen LogP contribution in [0.1, 0.15) is 34.1 Å². The molecule has 2 amide bonds. The standard InChI is InChI=1S/C15H24N2O4/c1-10-13(21-6-5-20-10)14(19)16-11-7-12(18)17(8-11)9-15(2,3)4/h11H,5-9H2,1-4H3,(H,16,19). The smallest absolute Gasteiger partial charge is 0.290 e. The maximum Gasteiger partial charge on any atom is 0.290 e. The summed E-state index contributed by atoms with van der Waals surface area (Å²) in [5.74, 6) is 0.502. The fourth-order valence-corrected chi connectivity index (χ4v) is 2.58. The van der Waals surface area contributed by atoms with Crippen molar-refractivity contribution in [3.8, 4) is 0 Å². The highest BCUT2D eigenvalue weighted by molar-refractivity contribution is 5.93. The average molecular weight is 296 g/mol. The van der Waals surface area contributed by atoms with Crippen molar-refractivity contribution >= 4 is 11.8 Å². The van der Waals surface area contributed by atoms with Gasteiger partial charge in [0.1, 0.15) is 19.0 Å². The summed E-state index contributed by atoms with van der Waals surface area (Å²) in [6, 6.07) is -0.168. The summed E-state index contributed by atoms with van der Waals surface area (Å²) in [6.45, 7) is 10.1. The number of hydrogen-bond acceptors (Lipinski definition) is 4. The summed E-state index contributed by atoms with van der Waals surface area (Å²) >= 11 is 0. The Kier molecular flexibility index (Phi) is 4.44. The summed E-state index contributed by atoms with van der Waals surface area (Å²) in [4.78, 5) is 26.0. The predicted molar refractivity (Wildman–Crippen MR) is 77.2 cm³/mol. The minimum absolute atomic E-state index is 0.0496. The van der Waals surface area contributed by atoms with Crippen molar-refractivity contribution in [3.05, 3.63) is 11.5 Å². The van der Waals surface area contributed by atoms with Crippen LogP contribution in [0.4, 0.5) is 0 Å². The molecule has 0 aromatic rings. The third-order valence-electron chi connectivity index (χ3n) is 3.39. The SMILES string of the molecule is CC1=C(C(=O)NC2CC(=O)N(CC(C)(C)C)C2)OCCO1. The topological polar surface area (TPSA) is 67.9 Å². The van der Waals surface area contributed by atoms with E-state index in [1.807, 2.05) is 4.90 Å². The fraction of sp³-hybridized carbons (Fsp3) is 0.733. The van der Waals surface area contributed by atoms with Gasteiger partial charge < -0.3 is 19.7 Å². The van der Waals surface area contributed by atoms with Crippen LogP contribution in [0.5, 0.6) is 0 Å². The molecule has 0 spiro atoms. The van der Waals surface area contributed by atoms with E-state index < -0.39 is 0 Å². The van der Waals surface area contributed by atoms with Crippen LogP contribution < -0.4 is 5.32 Å². The van der Waals surface area contributed by atoms with Gasteiger partial charge in [-0.3, -0.25) is 9.59 Å². The molecule has 2 heterocycles. The first kappa shape index (κ1) is 15.7. The number of carbonyl (C=O) groups is 2. The number of carbonyl (C=O) groups excluding carboxylic acids is 2. The molecule has 0 aromatic carbocycles. The summed E-state index contributed by atoms with van der Waals surface area (Å²) in [7, 11) is 0. The maximum atomic E-state index is 12.2.